The van der Waals surface area contributed by atoms with Gasteiger partial charge in [0.15, 0.2) is 0 Å². The van der Waals surface area contributed by atoms with Crippen LogP contribution in [0.1, 0.15) is 21.6 Å². The van der Waals surface area contributed by atoms with Crippen molar-refractivity contribution in [3.8, 4) is 11.3 Å². The van der Waals surface area contributed by atoms with Crippen LogP contribution < -0.4 is 5.32 Å². The molecule has 0 aliphatic rings. The molecule has 3 nitrogen and oxygen atoms in total. The van der Waals surface area contributed by atoms with Crippen LogP contribution in [0.25, 0.3) is 21.3 Å². The molecule has 0 aliphatic carbocycles. The van der Waals surface area contributed by atoms with Gasteiger partial charge in [-0.25, -0.2) is 4.98 Å². The summed E-state index contributed by atoms with van der Waals surface area (Å²) < 4.78 is 39.6. The van der Waals surface area contributed by atoms with E-state index >= 15 is 0 Å². The number of nitrogens with one attached hydrogen (secondary N) is 1. The molecule has 29 heavy (non-hydrogen) atoms. The molecule has 0 fully saturated rings. The highest BCUT2D eigenvalue weighted by molar-refractivity contribution is 7.17. The minimum atomic E-state index is -4.42. The highest BCUT2D eigenvalue weighted by atomic mass is 32.1. The van der Waals surface area contributed by atoms with Crippen molar-refractivity contribution in [3.63, 3.8) is 0 Å². The van der Waals surface area contributed by atoms with E-state index in [1.165, 1.54) is 12.1 Å². The van der Waals surface area contributed by atoms with Crippen LogP contribution >= 0.6 is 11.3 Å². The zero-order chi connectivity index (χ0) is 20.4. The molecule has 7 heteroatoms. The Balaban J connectivity index is 1.52. The summed E-state index contributed by atoms with van der Waals surface area (Å²) in [5.41, 5.74) is 1.46. The summed E-state index contributed by atoms with van der Waals surface area (Å²) in [6.45, 7) is -0.0178. The summed E-state index contributed by atoms with van der Waals surface area (Å²) in [4.78, 5) is 16.9. The van der Waals surface area contributed by atoms with E-state index in [4.69, 9.17) is 0 Å². The van der Waals surface area contributed by atoms with Gasteiger partial charge < -0.3 is 5.32 Å². The molecule has 2 aromatic heterocycles. The monoisotopic (exact) mass is 412 g/mol. The number of alkyl halides is 3. The van der Waals surface area contributed by atoms with Gasteiger partial charge in [0.2, 0.25) is 0 Å². The third-order valence-electron chi connectivity index (χ3n) is 4.45. The van der Waals surface area contributed by atoms with Crippen molar-refractivity contribution in [2.75, 3.05) is 0 Å². The molecule has 2 heterocycles. The maximum absolute atomic E-state index is 12.8. The standard InChI is InChI=1S/C22H15F3N2OS/c23-22(24,25)15-6-3-5-14(11-15)12-26-21(28)19-9-4-8-18(27-19)17-13-29-20-10-2-1-7-16(17)20/h1-11,13H,12H2,(H,26,28). The Hall–Kier alpha value is -3.19. The van der Waals surface area contributed by atoms with E-state index in [1.807, 2.05) is 35.7 Å². The highest BCUT2D eigenvalue weighted by Gasteiger charge is 2.30. The van der Waals surface area contributed by atoms with Crippen LogP contribution in [0.4, 0.5) is 13.2 Å². The molecule has 4 rings (SSSR count). The highest BCUT2D eigenvalue weighted by Crippen LogP contribution is 2.33. The molecular formula is C22H15F3N2OS. The Morgan fingerprint density at radius 2 is 1.79 bits per heavy atom. The lowest BCUT2D eigenvalue weighted by Gasteiger charge is -2.10. The lowest BCUT2D eigenvalue weighted by atomic mass is 10.1. The van der Waals surface area contributed by atoms with Gasteiger partial charge in [0, 0.05) is 27.6 Å². The van der Waals surface area contributed by atoms with Crippen LogP contribution in [0, 0.1) is 0 Å². The van der Waals surface area contributed by atoms with Crippen LogP contribution in [-0.2, 0) is 12.7 Å². The second-order valence-electron chi connectivity index (χ2n) is 6.43. The van der Waals surface area contributed by atoms with Crippen molar-refractivity contribution in [1.82, 2.24) is 10.3 Å². The summed E-state index contributed by atoms with van der Waals surface area (Å²) >= 11 is 1.60. The Morgan fingerprint density at radius 3 is 2.62 bits per heavy atom. The molecule has 0 saturated heterocycles. The number of carbonyl (C=O) groups is 1. The van der Waals surface area contributed by atoms with Crippen LogP contribution in [0.3, 0.4) is 0 Å². The fraction of sp³-hybridized carbons (Fsp3) is 0.0909. The van der Waals surface area contributed by atoms with Crippen molar-refractivity contribution < 1.29 is 18.0 Å². The van der Waals surface area contributed by atoms with Gasteiger partial charge in [-0.05, 0) is 35.9 Å². The fourth-order valence-electron chi connectivity index (χ4n) is 3.02. The molecular weight excluding hydrogens is 397 g/mol. The number of halogens is 3. The topological polar surface area (TPSA) is 42.0 Å². The van der Waals surface area contributed by atoms with E-state index in [0.29, 0.717) is 11.3 Å². The summed E-state index contributed by atoms with van der Waals surface area (Å²) in [5.74, 6) is -0.441. The Bertz CT molecular complexity index is 1180. The number of pyridine rings is 1. The number of hydrogen-bond donors (Lipinski definition) is 1. The predicted octanol–water partition coefficient (Wildman–Crippen LogP) is 5.91. The number of hydrogen-bond acceptors (Lipinski definition) is 3. The molecule has 1 amide bonds. The number of carbonyl (C=O) groups excluding carboxylic acids is 1. The lowest BCUT2D eigenvalue weighted by Crippen LogP contribution is -2.24. The van der Waals surface area contributed by atoms with E-state index in [2.05, 4.69) is 10.3 Å². The minimum absolute atomic E-state index is 0.0178. The number of rotatable bonds is 4. The predicted molar refractivity (Wildman–Crippen MR) is 108 cm³/mol. The summed E-state index contributed by atoms with van der Waals surface area (Å²) in [7, 11) is 0. The van der Waals surface area contributed by atoms with Gasteiger partial charge in [0.1, 0.15) is 5.69 Å². The molecule has 0 bridgehead atoms. The van der Waals surface area contributed by atoms with Gasteiger partial charge in [0.25, 0.3) is 5.91 Å². The molecule has 2 aromatic carbocycles. The van der Waals surface area contributed by atoms with E-state index in [-0.39, 0.29) is 12.2 Å². The largest absolute Gasteiger partial charge is 0.416 e. The van der Waals surface area contributed by atoms with E-state index < -0.39 is 17.6 Å². The number of thiophene rings is 1. The summed E-state index contributed by atoms with van der Waals surface area (Å²) in [6, 6.07) is 18.0. The molecule has 146 valence electrons. The first kappa shape index (κ1) is 19.1. The first-order valence-electron chi connectivity index (χ1n) is 8.80. The summed E-state index contributed by atoms with van der Waals surface area (Å²) in [5, 5.41) is 5.70. The quantitative estimate of drug-likeness (QED) is 0.453. The summed E-state index contributed by atoms with van der Waals surface area (Å²) in [6.07, 6.45) is -4.42. The molecule has 4 aromatic rings. The van der Waals surface area contributed by atoms with Crippen molar-refractivity contribution >= 4 is 27.3 Å². The number of amides is 1. The Labute approximate surface area is 168 Å². The maximum Gasteiger partial charge on any atom is 0.416 e. The zero-order valence-electron chi connectivity index (χ0n) is 15.0. The van der Waals surface area contributed by atoms with Gasteiger partial charge in [-0.15, -0.1) is 11.3 Å². The third-order valence-corrected chi connectivity index (χ3v) is 5.41. The Kier molecular flexibility index (Phi) is 5.07. The second kappa shape index (κ2) is 7.67. The number of aromatic nitrogens is 1. The van der Waals surface area contributed by atoms with Crippen LogP contribution in [0.5, 0.6) is 0 Å². The molecule has 1 N–H and O–H groups in total. The number of nitrogens with zero attached hydrogens (tertiary/aromatic N) is 1. The normalized spacial score (nSPS) is 11.6. The van der Waals surface area contributed by atoms with E-state index in [9.17, 15) is 18.0 Å². The average molecular weight is 412 g/mol. The van der Waals surface area contributed by atoms with E-state index in [0.717, 1.165) is 27.8 Å². The number of benzene rings is 2. The fourth-order valence-corrected chi connectivity index (χ4v) is 3.97. The molecule has 0 saturated carbocycles. The van der Waals surface area contributed by atoms with Crippen molar-refractivity contribution in [3.05, 3.63) is 88.9 Å². The van der Waals surface area contributed by atoms with Crippen molar-refractivity contribution in [1.29, 1.82) is 0 Å². The van der Waals surface area contributed by atoms with Gasteiger partial charge in [-0.3, -0.25) is 4.79 Å². The van der Waals surface area contributed by atoms with Gasteiger partial charge in [-0.2, -0.15) is 13.2 Å². The molecule has 0 aliphatic heterocycles. The van der Waals surface area contributed by atoms with Crippen LogP contribution in [-0.4, -0.2) is 10.9 Å². The average Bonchev–Trinajstić information content (AvgIpc) is 3.16. The minimum Gasteiger partial charge on any atom is -0.347 e. The number of fused-ring (bicyclic) bond motifs is 1. The van der Waals surface area contributed by atoms with Crippen molar-refractivity contribution in [2.24, 2.45) is 0 Å². The lowest BCUT2D eigenvalue weighted by molar-refractivity contribution is -0.137. The zero-order valence-corrected chi connectivity index (χ0v) is 15.8. The van der Waals surface area contributed by atoms with E-state index in [1.54, 1.807) is 23.5 Å². The molecule has 0 atom stereocenters. The first-order valence-corrected chi connectivity index (χ1v) is 9.68. The van der Waals surface area contributed by atoms with Gasteiger partial charge in [-0.1, -0.05) is 36.4 Å². The van der Waals surface area contributed by atoms with Gasteiger partial charge >= 0.3 is 6.18 Å². The maximum atomic E-state index is 12.8. The van der Waals surface area contributed by atoms with Crippen LogP contribution in [0.15, 0.2) is 72.1 Å². The molecule has 0 spiro atoms. The third kappa shape index (κ3) is 4.14. The SMILES string of the molecule is O=C(NCc1cccc(C(F)(F)F)c1)c1cccc(-c2csc3ccccc23)n1. The first-order chi connectivity index (χ1) is 13.9. The molecule has 0 radical (unpaired) electrons. The van der Waals surface area contributed by atoms with Gasteiger partial charge in [0.05, 0.1) is 11.3 Å². The Morgan fingerprint density at radius 1 is 1.00 bits per heavy atom. The second-order valence-corrected chi connectivity index (χ2v) is 7.35. The van der Waals surface area contributed by atoms with Crippen molar-refractivity contribution in [2.45, 2.75) is 12.7 Å². The van der Waals surface area contributed by atoms with Crippen LogP contribution in [0.2, 0.25) is 0 Å². The molecule has 0 unspecified atom stereocenters. The smallest absolute Gasteiger partial charge is 0.347 e.